The van der Waals surface area contributed by atoms with Crippen LogP contribution in [0.25, 0.3) is 55.6 Å². The topological polar surface area (TPSA) is 189 Å². The van der Waals surface area contributed by atoms with E-state index in [4.69, 9.17) is 15.0 Å². The Kier molecular flexibility index (Phi) is 18.6. The van der Waals surface area contributed by atoms with Gasteiger partial charge in [-0.15, -0.1) is 0 Å². The minimum atomic E-state index is 0.142. The van der Waals surface area contributed by atoms with Gasteiger partial charge in [-0.1, -0.05) is 91.0 Å². The van der Waals surface area contributed by atoms with Crippen LogP contribution in [0, 0.1) is 0 Å². The molecule has 5 aromatic carbocycles. The zero-order valence-corrected chi connectivity index (χ0v) is 58.9. The largest absolute Gasteiger partial charge is 0.366 e. The SMILES string of the molecule is C1=N[C@@]2(CC1)CCc1c(cccc1-c1ccsc1)C2.C1=N[C@@]2(CC1)CCc1c(cccc1-c1cncnc1)C2.C1=N[C@]2(CC1)CCc1c(cccc1-c1cncnc1)C2.CC1=NC[C@@]2(CCc3c(cccc3-c3cncnc3)C2)N1.CC1=NC[C@]2(CCc3c(cccc3-c3cncnc3)C2)N1. The average molecular weight is 1350 g/mol. The molecule has 2 N–H and O–H groups in total. The molecule has 5 aliphatic heterocycles. The van der Waals surface area contributed by atoms with Crippen LogP contribution >= 0.6 is 11.3 Å². The van der Waals surface area contributed by atoms with Crippen LogP contribution in [-0.4, -0.2) is 111 Å². The lowest BCUT2D eigenvalue weighted by Gasteiger charge is -2.35. The third-order valence-electron chi connectivity index (χ3n) is 23.0. The predicted octanol–water partition coefficient (Wildman–Crippen LogP) is 15.8. The molecule has 10 aromatic rings. The van der Waals surface area contributed by atoms with Gasteiger partial charge < -0.3 is 10.6 Å². The molecule has 15 nitrogen and oxygen atoms in total. The fourth-order valence-corrected chi connectivity index (χ4v) is 18.6. The highest BCUT2D eigenvalue weighted by atomic mass is 32.1. The smallest absolute Gasteiger partial charge is 0.115 e. The summed E-state index contributed by atoms with van der Waals surface area (Å²) in [5.41, 5.74) is 28.0. The summed E-state index contributed by atoms with van der Waals surface area (Å²) in [6.07, 6.45) is 51.8. The summed E-state index contributed by atoms with van der Waals surface area (Å²) in [7, 11) is 0. The molecule has 10 heterocycles. The van der Waals surface area contributed by atoms with Gasteiger partial charge in [0.15, 0.2) is 0 Å². The third-order valence-corrected chi connectivity index (χ3v) is 23.7. The van der Waals surface area contributed by atoms with Gasteiger partial charge in [0.2, 0.25) is 0 Å². The highest BCUT2D eigenvalue weighted by molar-refractivity contribution is 7.08. The number of aromatic nitrogens is 8. The van der Waals surface area contributed by atoms with E-state index >= 15 is 0 Å². The predicted molar refractivity (Wildman–Crippen MR) is 409 cm³/mol. The maximum Gasteiger partial charge on any atom is 0.115 e. The minimum Gasteiger partial charge on any atom is -0.366 e. The van der Waals surface area contributed by atoms with Crippen LogP contribution in [0.2, 0.25) is 0 Å². The fourth-order valence-electron chi connectivity index (χ4n) is 17.9. The van der Waals surface area contributed by atoms with Crippen molar-refractivity contribution < 1.29 is 0 Å². The number of rotatable bonds is 5. The molecule has 20 rings (SSSR count). The average Bonchev–Trinajstić information content (AvgIpc) is 1.78. The lowest BCUT2D eigenvalue weighted by Crippen LogP contribution is -2.49. The Morgan fingerprint density at radius 2 is 0.624 bits per heavy atom. The summed E-state index contributed by atoms with van der Waals surface area (Å²) < 4.78 is 0. The molecular weight excluding hydrogens is 1260 g/mol. The molecule has 5 spiro atoms. The summed E-state index contributed by atoms with van der Waals surface area (Å²) in [6, 6.07) is 35.4. The van der Waals surface area contributed by atoms with Crippen LogP contribution in [0.1, 0.15) is 140 Å². The van der Waals surface area contributed by atoms with Crippen LogP contribution < -0.4 is 10.6 Å². The summed E-state index contributed by atoms with van der Waals surface area (Å²) in [4.78, 5) is 56.6. The molecule has 0 bridgehead atoms. The maximum absolute atomic E-state index is 4.80. The van der Waals surface area contributed by atoms with E-state index in [0.29, 0.717) is 0 Å². The first-order valence-corrected chi connectivity index (χ1v) is 37.3. The fraction of sp³-hybridized carbons (Fsp3) is 0.353. The third kappa shape index (κ3) is 14.0. The van der Waals surface area contributed by atoms with Crippen LogP contribution in [0.4, 0.5) is 0 Å². The van der Waals surface area contributed by atoms with E-state index in [1.54, 1.807) is 42.2 Å². The molecule has 0 radical (unpaired) electrons. The molecule has 16 heteroatoms. The zero-order valence-electron chi connectivity index (χ0n) is 58.0. The Balaban J connectivity index is 0.0000000980. The summed E-state index contributed by atoms with van der Waals surface area (Å²) in [5, 5.41) is 11.6. The van der Waals surface area contributed by atoms with Crippen LogP contribution in [0.15, 0.2) is 208 Å². The lowest BCUT2D eigenvalue weighted by molar-refractivity contribution is 0.362. The number of thiophene rings is 1. The van der Waals surface area contributed by atoms with Crippen molar-refractivity contribution in [1.82, 2.24) is 50.5 Å². The van der Waals surface area contributed by atoms with Gasteiger partial charge in [0.1, 0.15) is 25.3 Å². The Morgan fingerprint density at radius 3 is 0.891 bits per heavy atom. The van der Waals surface area contributed by atoms with Crippen molar-refractivity contribution in [3.63, 3.8) is 0 Å². The van der Waals surface area contributed by atoms with Crippen molar-refractivity contribution in [2.24, 2.45) is 25.0 Å². The van der Waals surface area contributed by atoms with E-state index in [0.717, 1.165) is 130 Å². The molecule has 5 aliphatic carbocycles. The minimum absolute atomic E-state index is 0.142. The first-order chi connectivity index (χ1) is 49.6. The number of amidine groups is 2. The molecule has 101 heavy (non-hydrogen) atoms. The molecule has 0 unspecified atom stereocenters. The molecule has 508 valence electrons. The number of hydrogen-bond donors (Lipinski definition) is 2. The van der Waals surface area contributed by atoms with Crippen molar-refractivity contribution in [3.8, 4) is 55.6 Å². The summed E-state index contributed by atoms with van der Waals surface area (Å²) in [5.74, 6) is 2.15. The Bertz CT molecular complexity index is 4530. The maximum atomic E-state index is 4.80. The first-order valence-electron chi connectivity index (χ1n) is 36.4. The molecule has 0 saturated heterocycles. The number of hydrogen-bond acceptors (Lipinski definition) is 16. The Hall–Kier alpha value is -9.93. The number of aliphatic imine (C=N–C) groups is 5. The van der Waals surface area contributed by atoms with Gasteiger partial charge in [0, 0.05) is 71.8 Å². The quantitative estimate of drug-likeness (QED) is 0.168. The number of nitrogens with zero attached hydrogens (tertiary/aromatic N) is 13. The number of benzene rings is 5. The second kappa shape index (κ2) is 28.6. The lowest BCUT2D eigenvalue weighted by atomic mass is 9.75. The van der Waals surface area contributed by atoms with Crippen LogP contribution in [0.5, 0.6) is 0 Å². The van der Waals surface area contributed by atoms with E-state index in [1.807, 2.05) is 49.6 Å². The van der Waals surface area contributed by atoms with E-state index in [9.17, 15) is 0 Å². The highest BCUT2D eigenvalue weighted by Gasteiger charge is 2.42. The zero-order chi connectivity index (χ0) is 68.1. The summed E-state index contributed by atoms with van der Waals surface area (Å²) >= 11 is 1.78. The van der Waals surface area contributed by atoms with Gasteiger partial charge in [-0.3, -0.25) is 25.0 Å². The van der Waals surface area contributed by atoms with Crippen molar-refractivity contribution in [2.75, 3.05) is 13.1 Å². The molecule has 10 aliphatic rings. The van der Waals surface area contributed by atoms with E-state index in [-0.39, 0.29) is 27.7 Å². The molecular formula is C85H87N15S. The standard InChI is InChI=1S/2C17H18N4.2C17H17N3.C17H17NS/c2*1-12-20-10-17(21-12)6-5-16-13(7-17)3-2-4-15(16)14-8-18-11-19-9-14;2*1-3-13-9-17(6-2-8-20-17)7-5-16(13)15(4-1)14-10-18-12-19-11-14;1-3-13-11-17(7-2-9-18-17)8-5-16(13)15(4-1)14-6-10-19-12-14/h2*2-4,8-9,11H,5-7,10H2,1H3,(H,20,21);2*1,3-4,8,10-12H,2,5-7,9H2;1,3-4,6,9-10,12H,2,5,7-8,11H2/t5*17-/m10100/s1. The summed E-state index contributed by atoms with van der Waals surface area (Å²) in [6.45, 7) is 5.91. The van der Waals surface area contributed by atoms with E-state index in [1.165, 1.54) is 135 Å². The molecule has 0 amide bonds. The number of fused-ring (bicyclic) bond motifs is 5. The first kappa shape index (κ1) is 65.7. The Labute approximate surface area is 597 Å². The van der Waals surface area contributed by atoms with Gasteiger partial charge in [-0.2, -0.15) is 11.3 Å². The van der Waals surface area contributed by atoms with Gasteiger partial charge in [0.05, 0.1) is 52.5 Å². The highest BCUT2D eigenvalue weighted by Crippen LogP contribution is 2.45. The van der Waals surface area contributed by atoms with E-state index in [2.05, 4.69) is 201 Å². The van der Waals surface area contributed by atoms with Gasteiger partial charge >= 0.3 is 0 Å². The van der Waals surface area contributed by atoms with Gasteiger partial charge in [-0.25, -0.2) is 39.9 Å². The normalized spacial score (nSPS) is 24.0. The van der Waals surface area contributed by atoms with Gasteiger partial charge in [0.25, 0.3) is 0 Å². The number of nitrogens with one attached hydrogen (secondary N) is 2. The second-order valence-electron chi connectivity index (χ2n) is 29.5. The molecule has 0 fully saturated rings. The molecule has 0 saturated carbocycles. The Morgan fingerprint density at radius 1 is 0.327 bits per heavy atom. The van der Waals surface area contributed by atoms with E-state index < -0.39 is 0 Å². The monoisotopic (exact) mass is 1350 g/mol. The van der Waals surface area contributed by atoms with Crippen LogP contribution in [-0.2, 0) is 64.2 Å². The van der Waals surface area contributed by atoms with Crippen molar-refractivity contribution in [1.29, 1.82) is 0 Å². The van der Waals surface area contributed by atoms with Gasteiger partial charge in [-0.05, 0) is 273 Å². The van der Waals surface area contributed by atoms with Crippen molar-refractivity contribution >= 4 is 41.7 Å². The van der Waals surface area contributed by atoms with Crippen LogP contribution in [0.3, 0.4) is 0 Å². The molecule has 5 atom stereocenters. The molecule has 5 aromatic heterocycles. The van der Waals surface area contributed by atoms with Crippen molar-refractivity contribution in [3.05, 3.63) is 238 Å². The second-order valence-corrected chi connectivity index (χ2v) is 30.2. The van der Waals surface area contributed by atoms with Crippen molar-refractivity contribution in [2.45, 2.75) is 176 Å².